The Balaban J connectivity index is 1.51. The molecule has 33 heavy (non-hydrogen) atoms. The molecule has 2 aromatic carbocycles. The lowest BCUT2D eigenvalue weighted by Crippen LogP contribution is -2.22. The molecule has 0 bridgehead atoms. The van der Waals surface area contributed by atoms with Crippen LogP contribution in [-0.2, 0) is 7.05 Å². The van der Waals surface area contributed by atoms with Gasteiger partial charge in [-0.05, 0) is 41.8 Å². The number of anilines is 1. The summed E-state index contributed by atoms with van der Waals surface area (Å²) in [6.07, 6.45) is 5.44. The molecule has 3 heterocycles. The van der Waals surface area contributed by atoms with Gasteiger partial charge in [-0.3, -0.25) is 4.57 Å². The van der Waals surface area contributed by atoms with Gasteiger partial charge in [0.1, 0.15) is 11.6 Å². The SMILES string of the molecule is Cn1ccn(-c2ccc(-c3cccc(-c4ccnc(N5CC[C@H](O)C5)c4)c3O)cc2Cl)c1=O. The molecule has 168 valence electrons. The number of hydrogen-bond donors (Lipinski definition) is 2. The van der Waals surface area contributed by atoms with Crippen molar-refractivity contribution in [1.29, 1.82) is 0 Å². The largest absolute Gasteiger partial charge is 0.507 e. The van der Waals surface area contributed by atoms with Crippen LogP contribution in [0.25, 0.3) is 27.9 Å². The number of aliphatic hydroxyl groups excluding tert-OH is 1. The Bertz CT molecular complexity index is 1390. The van der Waals surface area contributed by atoms with Gasteiger partial charge in [0.15, 0.2) is 0 Å². The molecule has 1 saturated heterocycles. The van der Waals surface area contributed by atoms with Gasteiger partial charge in [0.25, 0.3) is 0 Å². The number of phenols is 1. The van der Waals surface area contributed by atoms with E-state index in [1.807, 2.05) is 41.3 Å². The highest BCUT2D eigenvalue weighted by Gasteiger charge is 2.22. The van der Waals surface area contributed by atoms with Crippen molar-refractivity contribution >= 4 is 17.4 Å². The molecule has 7 nitrogen and oxygen atoms in total. The first-order chi connectivity index (χ1) is 15.9. The van der Waals surface area contributed by atoms with Gasteiger partial charge in [0.2, 0.25) is 0 Å². The number of para-hydroxylation sites is 1. The monoisotopic (exact) mass is 462 g/mol. The number of nitrogens with zero attached hydrogens (tertiary/aromatic N) is 4. The van der Waals surface area contributed by atoms with Crippen molar-refractivity contribution in [3.05, 3.63) is 82.6 Å². The van der Waals surface area contributed by atoms with E-state index in [9.17, 15) is 15.0 Å². The first-order valence-electron chi connectivity index (χ1n) is 10.7. The number of halogens is 1. The van der Waals surface area contributed by atoms with Crippen molar-refractivity contribution in [2.24, 2.45) is 7.05 Å². The zero-order chi connectivity index (χ0) is 23.1. The maximum Gasteiger partial charge on any atom is 0.332 e. The lowest BCUT2D eigenvalue weighted by molar-refractivity contribution is 0.198. The van der Waals surface area contributed by atoms with Crippen molar-refractivity contribution < 1.29 is 10.2 Å². The number of imidazole rings is 1. The highest BCUT2D eigenvalue weighted by Crippen LogP contribution is 2.40. The van der Waals surface area contributed by atoms with Crippen molar-refractivity contribution in [3.8, 4) is 33.7 Å². The first kappa shape index (κ1) is 21.3. The molecule has 0 saturated carbocycles. The van der Waals surface area contributed by atoms with Gasteiger partial charge in [0.05, 0.1) is 16.8 Å². The van der Waals surface area contributed by atoms with Gasteiger partial charge in [-0.15, -0.1) is 0 Å². The number of β-amino-alcohol motifs (C(OH)–C–C–N with tert-alkyl or cyclic N) is 1. The summed E-state index contributed by atoms with van der Waals surface area (Å²) in [5.74, 6) is 0.909. The van der Waals surface area contributed by atoms with E-state index in [1.54, 1.807) is 37.8 Å². The molecule has 2 N–H and O–H groups in total. The van der Waals surface area contributed by atoms with Crippen molar-refractivity contribution in [2.75, 3.05) is 18.0 Å². The lowest BCUT2D eigenvalue weighted by Gasteiger charge is -2.18. The van der Waals surface area contributed by atoms with Crippen LogP contribution in [0.2, 0.25) is 5.02 Å². The smallest absolute Gasteiger partial charge is 0.332 e. The normalized spacial score (nSPS) is 15.8. The second-order valence-electron chi connectivity index (χ2n) is 8.22. The Morgan fingerprint density at radius 1 is 1.06 bits per heavy atom. The summed E-state index contributed by atoms with van der Waals surface area (Å²) in [5, 5.41) is 21.4. The highest BCUT2D eigenvalue weighted by atomic mass is 35.5. The van der Waals surface area contributed by atoms with Crippen LogP contribution in [0.5, 0.6) is 5.75 Å². The third kappa shape index (κ3) is 3.90. The average Bonchev–Trinajstić information content (AvgIpc) is 3.39. The Morgan fingerprint density at radius 2 is 1.82 bits per heavy atom. The fourth-order valence-electron chi connectivity index (χ4n) is 4.24. The fourth-order valence-corrected chi connectivity index (χ4v) is 4.51. The quantitative estimate of drug-likeness (QED) is 0.481. The summed E-state index contributed by atoms with van der Waals surface area (Å²) >= 11 is 6.52. The standard InChI is InChI=1S/C25H23ClN4O3/c1-28-11-12-30(25(28)33)22-6-5-16(13-21(22)26)19-3-2-4-20(24(19)32)17-7-9-27-23(14-17)29-10-8-18(31)15-29/h2-7,9,11-14,18,31-32H,8,10,15H2,1H3/t18-/m0/s1. The van der Waals surface area contributed by atoms with E-state index >= 15 is 0 Å². The number of aromatic hydroxyl groups is 1. The maximum atomic E-state index is 12.3. The van der Waals surface area contributed by atoms with Crippen molar-refractivity contribution in [3.63, 3.8) is 0 Å². The van der Waals surface area contributed by atoms with Crippen LogP contribution < -0.4 is 10.6 Å². The minimum Gasteiger partial charge on any atom is -0.507 e. The van der Waals surface area contributed by atoms with Gasteiger partial charge in [0, 0.05) is 49.9 Å². The Hall–Kier alpha value is -3.55. The maximum absolute atomic E-state index is 12.3. The minimum atomic E-state index is -0.341. The van der Waals surface area contributed by atoms with E-state index in [0.29, 0.717) is 28.4 Å². The molecule has 0 spiro atoms. The van der Waals surface area contributed by atoms with Crippen molar-refractivity contribution in [2.45, 2.75) is 12.5 Å². The van der Waals surface area contributed by atoms with Crippen molar-refractivity contribution in [1.82, 2.24) is 14.1 Å². The number of aliphatic hydroxyl groups is 1. The zero-order valence-corrected chi connectivity index (χ0v) is 18.8. The molecule has 2 aromatic heterocycles. The second kappa shape index (κ2) is 8.42. The van der Waals surface area contributed by atoms with E-state index in [-0.39, 0.29) is 17.5 Å². The molecule has 0 unspecified atom stereocenters. The number of pyridine rings is 1. The number of rotatable bonds is 4. The molecular formula is C25H23ClN4O3. The lowest BCUT2D eigenvalue weighted by atomic mass is 9.97. The van der Waals surface area contributed by atoms with Gasteiger partial charge < -0.3 is 19.7 Å². The zero-order valence-electron chi connectivity index (χ0n) is 18.0. The molecule has 1 aliphatic rings. The molecular weight excluding hydrogens is 440 g/mol. The van der Waals surface area contributed by atoms with E-state index in [0.717, 1.165) is 29.9 Å². The predicted octanol–water partition coefficient (Wildman–Crippen LogP) is 3.84. The van der Waals surface area contributed by atoms with Crippen LogP contribution in [0.15, 0.2) is 71.9 Å². The van der Waals surface area contributed by atoms with E-state index in [1.165, 1.54) is 9.13 Å². The third-order valence-electron chi connectivity index (χ3n) is 6.05. The number of phenolic OH excluding ortho intramolecular Hbond substituents is 1. The summed E-state index contributed by atoms with van der Waals surface area (Å²) in [5.41, 5.74) is 3.27. The minimum absolute atomic E-state index is 0.136. The van der Waals surface area contributed by atoms with Crippen LogP contribution in [0.3, 0.4) is 0 Å². The van der Waals surface area contributed by atoms with Crippen LogP contribution in [0, 0.1) is 0 Å². The molecule has 4 aromatic rings. The topological polar surface area (TPSA) is 83.5 Å². The van der Waals surface area contributed by atoms with Crippen LogP contribution >= 0.6 is 11.6 Å². The van der Waals surface area contributed by atoms with E-state index in [4.69, 9.17) is 11.6 Å². The third-order valence-corrected chi connectivity index (χ3v) is 6.35. The summed E-state index contributed by atoms with van der Waals surface area (Å²) in [6.45, 7) is 1.30. The summed E-state index contributed by atoms with van der Waals surface area (Å²) in [6, 6.07) is 14.7. The Labute approximate surface area is 195 Å². The average molecular weight is 463 g/mol. The highest BCUT2D eigenvalue weighted by molar-refractivity contribution is 6.32. The van der Waals surface area contributed by atoms with Gasteiger partial charge in [-0.1, -0.05) is 35.9 Å². The van der Waals surface area contributed by atoms with Gasteiger partial charge in [-0.25, -0.2) is 9.78 Å². The summed E-state index contributed by atoms with van der Waals surface area (Å²) < 4.78 is 2.96. The van der Waals surface area contributed by atoms with Crippen LogP contribution in [-0.4, -0.2) is 43.5 Å². The van der Waals surface area contributed by atoms with E-state index in [2.05, 4.69) is 4.98 Å². The molecule has 1 fully saturated rings. The molecule has 0 amide bonds. The molecule has 0 radical (unpaired) electrons. The Morgan fingerprint density at radius 3 is 2.45 bits per heavy atom. The summed E-state index contributed by atoms with van der Waals surface area (Å²) in [4.78, 5) is 18.8. The Kier molecular flexibility index (Phi) is 5.44. The predicted molar refractivity (Wildman–Crippen MR) is 129 cm³/mol. The second-order valence-corrected chi connectivity index (χ2v) is 8.63. The van der Waals surface area contributed by atoms with E-state index < -0.39 is 0 Å². The number of aryl methyl sites for hydroxylation is 1. The van der Waals surface area contributed by atoms with Gasteiger partial charge in [-0.2, -0.15) is 0 Å². The fraction of sp³-hybridized carbons (Fsp3) is 0.200. The number of aromatic nitrogens is 3. The molecule has 5 rings (SSSR count). The van der Waals surface area contributed by atoms with Crippen LogP contribution in [0.1, 0.15) is 6.42 Å². The number of benzene rings is 2. The first-order valence-corrected chi connectivity index (χ1v) is 11.1. The van der Waals surface area contributed by atoms with Gasteiger partial charge >= 0.3 is 5.69 Å². The molecule has 8 heteroatoms. The molecule has 1 aliphatic heterocycles. The molecule has 0 aliphatic carbocycles. The molecule has 1 atom stereocenters. The number of hydrogen-bond acceptors (Lipinski definition) is 5. The van der Waals surface area contributed by atoms with Crippen LogP contribution in [0.4, 0.5) is 5.82 Å². The summed E-state index contributed by atoms with van der Waals surface area (Å²) in [7, 11) is 1.68.